The van der Waals surface area contributed by atoms with E-state index in [0.717, 1.165) is 30.9 Å². The molecule has 0 aliphatic carbocycles. The van der Waals surface area contributed by atoms with Gasteiger partial charge in [0.25, 0.3) is 5.91 Å². The normalized spacial score (nSPS) is 18.0. The van der Waals surface area contributed by atoms with Crippen molar-refractivity contribution < 1.29 is 4.79 Å². The molecule has 1 aliphatic rings. The molecule has 1 amide bonds. The number of H-pyrrole nitrogens is 1. The number of nitrogens with zero attached hydrogens (tertiary/aromatic N) is 4. The molecule has 0 saturated carbocycles. The first-order valence-corrected chi connectivity index (χ1v) is 7.02. The maximum absolute atomic E-state index is 12.5. The Morgan fingerprint density at radius 2 is 2.33 bits per heavy atom. The summed E-state index contributed by atoms with van der Waals surface area (Å²) in [4.78, 5) is 23.2. The summed E-state index contributed by atoms with van der Waals surface area (Å²) in [5.74, 6) is 1.45. The first-order chi connectivity index (χ1) is 10.2. The first-order valence-electron chi connectivity index (χ1n) is 7.02. The minimum Gasteiger partial charge on any atom is -0.373 e. The summed E-state index contributed by atoms with van der Waals surface area (Å²) in [6.07, 6.45) is 3.48. The van der Waals surface area contributed by atoms with E-state index in [9.17, 15) is 4.79 Å². The lowest BCUT2D eigenvalue weighted by Crippen LogP contribution is -2.31. The maximum atomic E-state index is 12.5. The Bertz CT molecular complexity index is 639. The quantitative estimate of drug-likeness (QED) is 0.893. The number of hydrogen-bond acceptors (Lipinski definition) is 5. The van der Waals surface area contributed by atoms with E-state index in [1.807, 2.05) is 24.9 Å². The molecule has 2 aromatic rings. The number of rotatable bonds is 3. The van der Waals surface area contributed by atoms with Gasteiger partial charge in [0.1, 0.15) is 17.3 Å². The topological polar surface area (TPSA) is 86.8 Å². The first kappa shape index (κ1) is 13.5. The molecule has 21 heavy (non-hydrogen) atoms. The van der Waals surface area contributed by atoms with Crippen molar-refractivity contribution in [3.63, 3.8) is 0 Å². The summed E-state index contributed by atoms with van der Waals surface area (Å²) in [6, 6.07) is 3.60. The fourth-order valence-electron chi connectivity index (χ4n) is 2.74. The predicted molar refractivity (Wildman–Crippen MR) is 77.9 cm³/mol. The lowest BCUT2D eigenvalue weighted by atomic mass is 10.1. The second-order valence-corrected chi connectivity index (χ2v) is 5.10. The van der Waals surface area contributed by atoms with Gasteiger partial charge in [-0.2, -0.15) is 5.10 Å². The van der Waals surface area contributed by atoms with Crippen molar-refractivity contribution in [2.75, 3.05) is 18.9 Å². The van der Waals surface area contributed by atoms with Gasteiger partial charge in [0, 0.05) is 25.9 Å². The lowest BCUT2D eigenvalue weighted by molar-refractivity contribution is 0.0726. The van der Waals surface area contributed by atoms with Crippen molar-refractivity contribution in [3.05, 3.63) is 35.5 Å². The van der Waals surface area contributed by atoms with Gasteiger partial charge in [0.2, 0.25) is 0 Å². The fourth-order valence-corrected chi connectivity index (χ4v) is 2.74. The van der Waals surface area contributed by atoms with Crippen LogP contribution in [0.25, 0.3) is 0 Å². The van der Waals surface area contributed by atoms with E-state index in [0.29, 0.717) is 11.5 Å². The summed E-state index contributed by atoms with van der Waals surface area (Å²) in [5, 5.41) is 9.61. The number of likely N-dealkylation sites (tertiary alicyclic amines) is 1. The maximum Gasteiger partial charge on any atom is 0.272 e. The molecular weight excluding hydrogens is 268 g/mol. The zero-order valence-electron chi connectivity index (χ0n) is 12.1. The van der Waals surface area contributed by atoms with Crippen LogP contribution in [0.3, 0.4) is 0 Å². The van der Waals surface area contributed by atoms with E-state index in [1.54, 1.807) is 12.3 Å². The van der Waals surface area contributed by atoms with Gasteiger partial charge in [-0.1, -0.05) is 0 Å². The highest BCUT2D eigenvalue weighted by Gasteiger charge is 2.32. The van der Waals surface area contributed by atoms with Crippen LogP contribution in [-0.4, -0.2) is 44.6 Å². The summed E-state index contributed by atoms with van der Waals surface area (Å²) in [7, 11) is 1.83. The molecule has 0 radical (unpaired) electrons. The highest BCUT2D eigenvalue weighted by atomic mass is 16.2. The number of anilines is 1. The van der Waals surface area contributed by atoms with E-state index >= 15 is 0 Å². The van der Waals surface area contributed by atoms with Gasteiger partial charge in [0.05, 0.1) is 11.7 Å². The summed E-state index contributed by atoms with van der Waals surface area (Å²) < 4.78 is 0. The zero-order chi connectivity index (χ0) is 14.8. The molecule has 1 atom stereocenters. The van der Waals surface area contributed by atoms with Crippen LogP contribution in [0.1, 0.15) is 40.9 Å². The molecule has 110 valence electrons. The van der Waals surface area contributed by atoms with Crippen LogP contribution in [0.15, 0.2) is 18.3 Å². The molecule has 1 fully saturated rings. The largest absolute Gasteiger partial charge is 0.373 e. The molecule has 0 spiro atoms. The molecule has 1 aliphatic heterocycles. The van der Waals surface area contributed by atoms with E-state index in [-0.39, 0.29) is 11.9 Å². The number of amides is 1. The smallest absolute Gasteiger partial charge is 0.272 e. The van der Waals surface area contributed by atoms with Crippen LogP contribution in [0, 0.1) is 6.92 Å². The summed E-state index contributed by atoms with van der Waals surface area (Å²) in [5.41, 5.74) is 1.40. The average molecular weight is 286 g/mol. The summed E-state index contributed by atoms with van der Waals surface area (Å²) >= 11 is 0. The van der Waals surface area contributed by atoms with Gasteiger partial charge in [-0.3, -0.25) is 9.89 Å². The van der Waals surface area contributed by atoms with Gasteiger partial charge < -0.3 is 10.2 Å². The Hall–Kier alpha value is -2.44. The van der Waals surface area contributed by atoms with Crippen LogP contribution >= 0.6 is 0 Å². The van der Waals surface area contributed by atoms with Crippen molar-refractivity contribution >= 4 is 11.7 Å². The molecule has 0 bridgehead atoms. The van der Waals surface area contributed by atoms with Gasteiger partial charge >= 0.3 is 0 Å². The van der Waals surface area contributed by atoms with Gasteiger partial charge in [-0.15, -0.1) is 0 Å². The van der Waals surface area contributed by atoms with Crippen molar-refractivity contribution in [1.29, 1.82) is 0 Å². The van der Waals surface area contributed by atoms with Crippen molar-refractivity contribution in [1.82, 2.24) is 25.1 Å². The molecule has 0 aromatic carbocycles. The van der Waals surface area contributed by atoms with Gasteiger partial charge in [-0.25, -0.2) is 9.97 Å². The minimum atomic E-state index is -0.0303. The van der Waals surface area contributed by atoms with Crippen molar-refractivity contribution in [2.45, 2.75) is 25.8 Å². The highest BCUT2D eigenvalue weighted by Crippen LogP contribution is 2.32. The molecule has 2 aromatic heterocycles. The second kappa shape index (κ2) is 5.51. The number of carbonyl (C=O) groups is 1. The Balaban J connectivity index is 1.90. The van der Waals surface area contributed by atoms with Crippen LogP contribution in [0.4, 0.5) is 5.82 Å². The number of hydrogen-bond donors (Lipinski definition) is 2. The van der Waals surface area contributed by atoms with Crippen LogP contribution < -0.4 is 5.32 Å². The van der Waals surface area contributed by atoms with E-state index < -0.39 is 0 Å². The summed E-state index contributed by atoms with van der Waals surface area (Å²) in [6.45, 7) is 2.60. The number of aromatic amines is 1. The predicted octanol–water partition coefficient (Wildman–Crippen LogP) is 1.53. The van der Waals surface area contributed by atoms with Crippen LogP contribution in [0.2, 0.25) is 0 Å². The third kappa shape index (κ3) is 2.58. The SMILES string of the molecule is CNc1cc([C@H]2CCCN2C(=O)c2ccn[nH]2)nc(C)n1. The number of carbonyl (C=O) groups excluding carboxylic acids is 1. The lowest BCUT2D eigenvalue weighted by Gasteiger charge is -2.24. The monoisotopic (exact) mass is 286 g/mol. The van der Waals surface area contributed by atoms with E-state index in [4.69, 9.17) is 0 Å². The van der Waals surface area contributed by atoms with Gasteiger partial charge in [-0.05, 0) is 25.8 Å². The number of aromatic nitrogens is 4. The average Bonchev–Trinajstić information content (AvgIpc) is 3.17. The Labute approximate surface area is 122 Å². The highest BCUT2D eigenvalue weighted by molar-refractivity contribution is 5.92. The second-order valence-electron chi connectivity index (χ2n) is 5.10. The molecule has 7 nitrogen and oxygen atoms in total. The molecule has 7 heteroatoms. The molecule has 0 unspecified atom stereocenters. The minimum absolute atomic E-state index is 0.00500. The Morgan fingerprint density at radius 3 is 3.05 bits per heavy atom. The number of nitrogens with one attached hydrogen (secondary N) is 2. The third-order valence-corrected chi connectivity index (χ3v) is 3.70. The van der Waals surface area contributed by atoms with Crippen LogP contribution in [-0.2, 0) is 0 Å². The van der Waals surface area contributed by atoms with Gasteiger partial charge in [0.15, 0.2) is 0 Å². The zero-order valence-corrected chi connectivity index (χ0v) is 12.1. The van der Waals surface area contributed by atoms with Crippen LogP contribution in [0.5, 0.6) is 0 Å². The standard InChI is InChI=1S/C14H18N6O/c1-9-17-11(8-13(15-2)18-9)12-4-3-7-20(12)14(21)10-5-6-16-19-10/h5-6,8,12H,3-4,7H2,1-2H3,(H,16,19)(H,15,17,18)/t12-/m1/s1. The molecule has 3 heterocycles. The molecule has 3 rings (SSSR count). The van der Waals surface area contributed by atoms with E-state index in [2.05, 4.69) is 25.5 Å². The van der Waals surface area contributed by atoms with Crippen molar-refractivity contribution in [2.24, 2.45) is 0 Å². The van der Waals surface area contributed by atoms with Crippen molar-refractivity contribution in [3.8, 4) is 0 Å². The van der Waals surface area contributed by atoms with E-state index in [1.165, 1.54) is 0 Å². The number of aryl methyl sites for hydroxylation is 1. The molecule has 2 N–H and O–H groups in total. The molecule has 1 saturated heterocycles. The fraction of sp³-hybridized carbons (Fsp3) is 0.429. The molecular formula is C14H18N6O. The third-order valence-electron chi connectivity index (χ3n) is 3.70. The Kier molecular flexibility index (Phi) is 3.55. The Morgan fingerprint density at radius 1 is 1.48 bits per heavy atom.